The minimum Gasteiger partial charge on any atom is -0.487 e. The first-order valence-electron chi connectivity index (χ1n) is 7.65. The zero-order valence-corrected chi connectivity index (χ0v) is 13.2. The first-order chi connectivity index (χ1) is 11.1. The van der Waals surface area contributed by atoms with Crippen LogP contribution in [-0.2, 0) is 4.79 Å². The van der Waals surface area contributed by atoms with Crippen molar-refractivity contribution in [1.82, 2.24) is 15.3 Å². The Bertz CT molecular complexity index is 544. The number of hydrogen-bond acceptors (Lipinski definition) is 6. The van der Waals surface area contributed by atoms with Gasteiger partial charge in [-0.1, -0.05) is 12.1 Å². The molecule has 126 valence electrons. The molecule has 1 aromatic rings. The van der Waals surface area contributed by atoms with Gasteiger partial charge in [0.2, 0.25) is 5.91 Å². The van der Waals surface area contributed by atoms with Crippen LogP contribution in [0.5, 0.6) is 5.75 Å². The molecule has 0 spiro atoms. The number of ether oxygens (including phenoxy) is 1. The van der Waals surface area contributed by atoms with Gasteiger partial charge in [-0.3, -0.25) is 20.3 Å². The fourth-order valence-corrected chi connectivity index (χ4v) is 2.30. The molecule has 0 aliphatic carbocycles. The Kier molecular flexibility index (Phi) is 6.30. The molecule has 0 atom stereocenters. The largest absolute Gasteiger partial charge is 0.487 e. The molecule has 23 heavy (non-hydrogen) atoms. The molecule has 1 fully saturated rings. The molecular formula is C15H22N4O4. The summed E-state index contributed by atoms with van der Waals surface area (Å²) >= 11 is 0. The number of amides is 1. The standard InChI is InChI=1S/C15H22N4O4/c1-17-8-10-18(11-9-17)16-15(20)7-4-12-23-14-6-3-2-5-13(14)19(21)22/h2-3,5-6H,4,7-12H2,1H3,(H,16,20). The van der Waals surface area contributed by atoms with Crippen LogP contribution >= 0.6 is 0 Å². The molecule has 1 aliphatic rings. The van der Waals surface area contributed by atoms with Crippen LogP contribution in [-0.4, -0.2) is 60.6 Å². The molecule has 2 rings (SSSR count). The van der Waals surface area contributed by atoms with E-state index in [1.54, 1.807) is 18.2 Å². The number of piperazine rings is 1. The van der Waals surface area contributed by atoms with Crippen molar-refractivity contribution in [3.63, 3.8) is 0 Å². The van der Waals surface area contributed by atoms with Crippen LogP contribution in [0.2, 0.25) is 0 Å². The van der Waals surface area contributed by atoms with Gasteiger partial charge in [-0.05, 0) is 19.5 Å². The maximum Gasteiger partial charge on any atom is 0.310 e. The summed E-state index contributed by atoms with van der Waals surface area (Å²) in [6.45, 7) is 3.76. The number of nitrogens with one attached hydrogen (secondary N) is 1. The van der Waals surface area contributed by atoms with E-state index in [0.717, 1.165) is 26.2 Å². The van der Waals surface area contributed by atoms with Crippen molar-refractivity contribution in [2.24, 2.45) is 0 Å². The van der Waals surface area contributed by atoms with Crippen LogP contribution in [0.15, 0.2) is 24.3 Å². The summed E-state index contributed by atoms with van der Waals surface area (Å²) in [5.74, 6) is 0.178. The molecule has 1 amide bonds. The molecular weight excluding hydrogens is 300 g/mol. The first kappa shape index (κ1) is 17.2. The average molecular weight is 322 g/mol. The second kappa shape index (κ2) is 8.44. The second-order valence-electron chi connectivity index (χ2n) is 5.50. The predicted molar refractivity (Wildman–Crippen MR) is 85.0 cm³/mol. The van der Waals surface area contributed by atoms with Crippen LogP contribution in [0.3, 0.4) is 0 Å². The third-order valence-corrected chi connectivity index (χ3v) is 3.65. The molecule has 1 aromatic carbocycles. The fraction of sp³-hybridized carbons (Fsp3) is 0.533. The van der Waals surface area contributed by atoms with Crippen molar-refractivity contribution < 1.29 is 14.5 Å². The van der Waals surface area contributed by atoms with E-state index < -0.39 is 4.92 Å². The maximum atomic E-state index is 11.8. The van der Waals surface area contributed by atoms with Gasteiger partial charge in [-0.15, -0.1) is 0 Å². The molecule has 8 nitrogen and oxygen atoms in total. The van der Waals surface area contributed by atoms with E-state index >= 15 is 0 Å². The Morgan fingerprint density at radius 1 is 1.30 bits per heavy atom. The van der Waals surface area contributed by atoms with Gasteiger partial charge >= 0.3 is 5.69 Å². The summed E-state index contributed by atoms with van der Waals surface area (Å²) in [6, 6.07) is 6.23. The highest BCUT2D eigenvalue weighted by Crippen LogP contribution is 2.25. The van der Waals surface area contributed by atoms with Crippen molar-refractivity contribution in [2.75, 3.05) is 39.8 Å². The number of carbonyl (C=O) groups is 1. The van der Waals surface area contributed by atoms with Crippen molar-refractivity contribution in [2.45, 2.75) is 12.8 Å². The molecule has 8 heteroatoms. The van der Waals surface area contributed by atoms with Gasteiger partial charge in [0.05, 0.1) is 11.5 Å². The van der Waals surface area contributed by atoms with Gasteiger partial charge in [0.1, 0.15) is 0 Å². The number of benzene rings is 1. The summed E-state index contributed by atoms with van der Waals surface area (Å²) in [5, 5.41) is 12.8. The highest BCUT2D eigenvalue weighted by atomic mass is 16.6. The Morgan fingerprint density at radius 2 is 2.00 bits per heavy atom. The molecule has 0 unspecified atom stereocenters. The van der Waals surface area contributed by atoms with E-state index in [1.807, 2.05) is 5.01 Å². The smallest absolute Gasteiger partial charge is 0.310 e. The molecule has 0 saturated carbocycles. The lowest BCUT2D eigenvalue weighted by Crippen LogP contribution is -2.52. The zero-order valence-electron chi connectivity index (χ0n) is 13.2. The van der Waals surface area contributed by atoms with Gasteiger partial charge < -0.3 is 9.64 Å². The van der Waals surface area contributed by atoms with Crippen LogP contribution in [0.25, 0.3) is 0 Å². The predicted octanol–water partition coefficient (Wildman–Crippen LogP) is 1.03. The minimum atomic E-state index is -0.477. The van der Waals surface area contributed by atoms with Gasteiger partial charge in [0, 0.05) is 38.7 Å². The number of carbonyl (C=O) groups excluding carboxylic acids is 1. The number of hydrogen-bond donors (Lipinski definition) is 1. The highest BCUT2D eigenvalue weighted by molar-refractivity contribution is 5.75. The Hall–Kier alpha value is -2.19. The van der Waals surface area contributed by atoms with Gasteiger partial charge in [-0.2, -0.15) is 0 Å². The van der Waals surface area contributed by atoms with E-state index in [9.17, 15) is 14.9 Å². The molecule has 0 radical (unpaired) electrons. The number of likely N-dealkylation sites (N-methyl/N-ethyl adjacent to an activating group) is 1. The number of rotatable bonds is 7. The van der Waals surface area contributed by atoms with E-state index in [1.165, 1.54) is 6.07 Å². The van der Waals surface area contributed by atoms with Crippen molar-refractivity contribution in [1.29, 1.82) is 0 Å². The lowest BCUT2D eigenvalue weighted by atomic mass is 10.3. The lowest BCUT2D eigenvalue weighted by Gasteiger charge is -2.32. The number of nitro groups is 1. The monoisotopic (exact) mass is 322 g/mol. The van der Waals surface area contributed by atoms with Gasteiger partial charge in [0.15, 0.2) is 5.75 Å². The summed E-state index contributed by atoms with van der Waals surface area (Å²) in [4.78, 5) is 24.4. The third-order valence-electron chi connectivity index (χ3n) is 3.65. The van der Waals surface area contributed by atoms with E-state index in [2.05, 4.69) is 17.4 Å². The Labute approximate surface area is 135 Å². The number of nitro benzene ring substituents is 1. The Morgan fingerprint density at radius 3 is 2.70 bits per heavy atom. The van der Waals surface area contributed by atoms with Crippen LogP contribution in [0.1, 0.15) is 12.8 Å². The van der Waals surface area contributed by atoms with Crippen LogP contribution in [0, 0.1) is 10.1 Å². The highest BCUT2D eigenvalue weighted by Gasteiger charge is 2.16. The average Bonchev–Trinajstić information content (AvgIpc) is 2.54. The number of hydrazine groups is 1. The Balaban J connectivity index is 1.67. The second-order valence-corrected chi connectivity index (χ2v) is 5.50. The SMILES string of the molecule is CN1CCN(NC(=O)CCCOc2ccccc2[N+](=O)[O-])CC1. The zero-order chi connectivity index (χ0) is 16.7. The van der Waals surface area contributed by atoms with E-state index in [4.69, 9.17) is 4.74 Å². The van der Waals surface area contributed by atoms with Crippen LogP contribution in [0.4, 0.5) is 5.69 Å². The van der Waals surface area contributed by atoms with Crippen LogP contribution < -0.4 is 10.2 Å². The molecule has 0 bridgehead atoms. The first-order valence-corrected chi connectivity index (χ1v) is 7.65. The quantitative estimate of drug-likeness (QED) is 0.458. The van der Waals surface area contributed by atoms with Gasteiger partial charge in [-0.25, -0.2) is 5.01 Å². The molecule has 0 aromatic heterocycles. The third kappa shape index (κ3) is 5.50. The summed E-state index contributed by atoms with van der Waals surface area (Å²) < 4.78 is 5.41. The minimum absolute atomic E-state index is 0.0549. The number of nitrogens with zero attached hydrogens (tertiary/aromatic N) is 3. The molecule has 1 heterocycles. The van der Waals surface area contributed by atoms with E-state index in [-0.39, 0.29) is 24.0 Å². The lowest BCUT2D eigenvalue weighted by molar-refractivity contribution is -0.385. The van der Waals surface area contributed by atoms with Crippen molar-refractivity contribution in [3.05, 3.63) is 34.4 Å². The molecule has 1 saturated heterocycles. The molecule has 1 aliphatic heterocycles. The fourth-order valence-electron chi connectivity index (χ4n) is 2.30. The molecule has 1 N–H and O–H groups in total. The normalized spacial score (nSPS) is 16.0. The van der Waals surface area contributed by atoms with Gasteiger partial charge in [0.25, 0.3) is 0 Å². The van der Waals surface area contributed by atoms with Crippen molar-refractivity contribution in [3.8, 4) is 5.75 Å². The maximum absolute atomic E-state index is 11.8. The van der Waals surface area contributed by atoms with E-state index in [0.29, 0.717) is 12.8 Å². The summed E-state index contributed by atoms with van der Waals surface area (Å²) in [5.41, 5.74) is 2.81. The topological polar surface area (TPSA) is 88.0 Å². The summed E-state index contributed by atoms with van der Waals surface area (Å²) in [7, 11) is 2.05. The number of para-hydroxylation sites is 2. The van der Waals surface area contributed by atoms with Crippen molar-refractivity contribution >= 4 is 11.6 Å². The summed E-state index contributed by atoms with van der Waals surface area (Å²) in [6.07, 6.45) is 0.832.